The first-order valence-electron chi connectivity index (χ1n) is 10.6. The number of aryl methyl sites for hydroxylation is 1. The Morgan fingerprint density at radius 2 is 1.76 bits per heavy atom. The van der Waals surface area contributed by atoms with Crippen molar-refractivity contribution in [3.63, 3.8) is 0 Å². The number of benzene rings is 1. The first-order chi connectivity index (χ1) is 16.3. The maximum Gasteiger partial charge on any atom is 0.453 e. The molecule has 10 nitrogen and oxygen atoms in total. The van der Waals surface area contributed by atoms with Crippen LogP contribution in [0, 0.1) is 6.92 Å². The number of rotatable bonds is 5. The molecule has 1 fully saturated rings. The molecular weight excluding hydrogens is 453 g/mol. The minimum absolute atomic E-state index is 0.0679. The first-order valence-corrected chi connectivity index (χ1v) is 10.6. The normalized spacial score (nSPS) is 15.3. The maximum atomic E-state index is 13.1. The van der Waals surface area contributed by atoms with Crippen molar-refractivity contribution in [2.24, 2.45) is 0 Å². The van der Waals surface area contributed by atoms with Crippen LogP contribution in [0.15, 0.2) is 34.9 Å². The number of fused-ring (bicyclic) bond motifs is 1. The number of halogens is 3. The highest BCUT2D eigenvalue weighted by Gasteiger charge is 2.37. The van der Waals surface area contributed by atoms with Crippen LogP contribution >= 0.6 is 0 Å². The van der Waals surface area contributed by atoms with Crippen LogP contribution in [0.4, 0.5) is 19.0 Å². The molecule has 1 aliphatic rings. The minimum Gasteiger partial charge on any atom is -0.497 e. The molecule has 0 N–H and O–H groups in total. The fourth-order valence-electron chi connectivity index (χ4n) is 3.82. The molecule has 3 aromatic heterocycles. The summed E-state index contributed by atoms with van der Waals surface area (Å²) in [6.07, 6.45) is -4.63. The number of hydrogen-bond donors (Lipinski definition) is 0. The Morgan fingerprint density at radius 3 is 2.44 bits per heavy atom. The largest absolute Gasteiger partial charge is 0.497 e. The molecule has 0 unspecified atom stereocenters. The van der Waals surface area contributed by atoms with Crippen LogP contribution in [0.2, 0.25) is 0 Å². The van der Waals surface area contributed by atoms with Crippen molar-refractivity contribution >= 4 is 11.6 Å². The summed E-state index contributed by atoms with van der Waals surface area (Å²) >= 11 is 0. The smallest absolute Gasteiger partial charge is 0.453 e. The summed E-state index contributed by atoms with van der Waals surface area (Å²) in [7, 11) is 1.60. The monoisotopic (exact) mass is 474 g/mol. The summed E-state index contributed by atoms with van der Waals surface area (Å²) in [5, 5.41) is 7.71. The van der Waals surface area contributed by atoms with E-state index >= 15 is 0 Å². The van der Waals surface area contributed by atoms with Crippen molar-refractivity contribution in [3.05, 3.63) is 47.7 Å². The molecule has 1 saturated heterocycles. The third kappa shape index (κ3) is 4.38. The van der Waals surface area contributed by atoms with Crippen molar-refractivity contribution in [1.29, 1.82) is 0 Å². The van der Waals surface area contributed by atoms with E-state index in [2.05, 4.69) is 30.1 Å². The number of anilines is 1. The molecule has 0 radical (unpaired) electrons. The van der Waals surface area contributed by atoms with Crippen LogP contribution in [-0.4, -0.2) is 67.9 Å². The van der Waals surface area contributed by atoms with Crippen molar-refractivity contribution < 1.29 is 22.4 Å². The predicted octanol–water partition coefficient (Wildman–Crippen LogP) is 2.83. The lowest BCUT2D eigenvalue weighted by Gasteiger charge is -2.35. The number of ether oxygens (including phenoxy) is 1. The third-order valence-electron chi connectivity index (χ3n) is 5.55. The van der Waals surface area contributed by atoms with Gasteiger partial charge in [0.15, 0.2) is 0 Å². The highest BCUT2D eigenvalue weighted by atomic mass is 19.4. The third-order valence-corrected chi connectivity index (χ3v) is 5.55. The van der Waals surface area contributed by atoms with Gasteiger partial charge < -0.3 is 14.2 Å². The summed E-state index contributed by atoms with van der Waals surface area (Å²) in [4.78, 5) is 16.2. The Morgan fingerprint density at radius 1 is 1.03 bits per heavy atom. The molecule has 0 saturated carbocycles. The second-order valence-electron chi connectivity index (χ2n) is 7.90. The number of aromatic nitrogens is 6. The summed E-state index contributed by atoms with van der Waals surface area (Å²) in [5.74, 6) is 0.999. The lowest BCUT2D eigenvalue weighted by molar-refractivity contribution is -0.144. The summed E-state index contributed by atoms with van der Waals surface area (Å²) in [5.41, 5.74) is 1.40. The van der Waals surface area contributed by atoms with Crippen LogP contribution < -0.4 is 9.64 Å². The van der Waals surface area contributed by atoms with E-state index in [9.17, 15) is 13.2 Å². The van der Waals surface area contributed by atoms with Crippen molar-refractivity contribution in [2.75, 3.05) is 38.2 Å². The molecule has 1 aliphatic heterocycles. The summed E-state index contributed by atoms with van der Waals surface area (Å²) < 4.78 is 51.0. The topological polar surface area (TPSA) is 97.7 Å². The van der Waals surface area contributed by atoms with E-state index in [1.54, 1.807) is 20.1 Å². The van der Waals surface area contributed by atoms with E-state index in [1.807, 2.05) is 29.2 Å². The average Bonchev–Trinajstić information content (AvgIpc) is 3.46. The predicted molar refractivity (Wildman–Crippen MR) is 114 cm³/mol. The van der Waals surface area contributed by atoms with Crippen molar-refractivity contribution in [1.82, 2.24) is 34.6 Å². The standard InChI is InChI=1S/C21H21F3N8O2/c1-13-11-17(32-20(25-13)27-19(28-32)21(22,23)24)31-9-7-30(8-10-31)12-16-26-18(29-34-16)14-3-5-15(33-2)6-4-14/h3-6,11H,7-10,12H2,1-2H3. The Bertz CT molecular complexity index is 1290. The van der Waals surface area contributed by atoms with Gasteiger partial charge in [0.2, 0.25) is 11.7 Å². The molecule has 0 aliphatic carbocycles. The summed E-state index contributed by atoms with van der Waals surface area (Å²) in [6, 6.07) is 9.09. The van der Waals surface area contributed by atoms with Gasteiger partial charge >= 0.3 is 6.18 Å². The fourth-order valence-corrected chi connectivity index (χ4v) is 3.82. The van der Waals surface area contributed by atoms with Crippen LogP contribution in [0.25, 0.3) is 17.2 Å². The zero-order valence-electron chi connectivity index (χ0n) is 18.5. The molecule has 4 aromatic rings. The van der Waals surface area contributed by atoms with Gasteiger partial charge in [0, 0.05) is 43.5 Å². The number of hydrogen-bond acceptors (Lipinski definition) is 9. The maximum absolute atomic E-state index is 13.1. The molecule has 5 rings (SSSR count). The molecule has 1 aromatic carbocycles. The van der Waals surface area contributed by atoms with Gasteiger partial charge in [0.1, 0.15) is 11.6 Å². The molecule has 178 valence electrons. The molecule has 0 spiro atoms. The average molecular weight is 474 g/mol. The number of piperazine rings is 1. The van der Waals surface area contributed by atoms with E-state index < -0.39 is 12.0 Å². The zero-order chi connectivity index (χ0) is 23.9. The van der Waals surface area contributed by atoms with E-state index in [0.29, 0.717) is 56.0 Å². The molecule has 0 atom stereocenters. The molecule has 13 heteroatoms. The van der Waals surface area contributed by atoms with Gasteiger partial charge in [-0.2, -0.15) is 27.7 Å². The molecule has 34 heavy (non-hydrogen) atoms. The lowest BCUT2D eigenvalue weighted by atomic mass is 10.2. The van der Waals surface area contributed by atoms with Gasteiger partial charge in [-0.3, -0.25) is 4.90 Å². The second-order valence-corrected chi connectivity index (χ2v) is 7.90. The molecule has 4 heterocycles. The quantitative estimate of drug-likeness (QED) is 0.432. The highest BCUT2D eigenvalue weighted by Crippen LogP contribution is 2.28. The van der Waals surface area contributed by atoms with Gasteiger partial charge in [-0.15, -0.1) is 5.10 Å². The highest BCUT2D eigenvalue weighted by molar-refractivity contribution is 5.55. The number of alkyl halides is 3. The van der Waals surface area contributed by atoms with Gasteiger partial charge in [-0.05, 0) is 31.2 Å². The molecule has 0 bridgehead atoms. The van der Waals surface area contributed by atoms with E-state index in [4.69, 9.17) is 9.26 Å². The van der Waals surface area contributed by atoms with Crippen LogP contribution in [-0.2, 0) is 12.7 Å². The minimum atomic E-state index is -4.63. The lowest BCUT2D eigenvalue weighted by Crippen LogP contribution is -2.46. The number of nitrogens with zero attached hydrogens (tertiary/aromatic N) is 8. The second kappa shape index (κ2) is 8.56. The van der Waals surface area contributed by atoms with Crippen LogP contribution in [0.3, 0.4) is 0 Å². The van der Waals surface area contributed by atoms with E-state index in [-0.39, 0.29) is 5.78 Å². The molecular formula is C21H21F3N8O2. The first kappa shape index (κ1) is 22.1. The van der Waals surface area contributed by atoms with E-state index in [1.165, 1.54) is 0 Å². The summed E-state index contributed by atoms with van der Waals surface area (Å²) in [6.45, 7) is 4.67. The van der Waals surface area contributed by atoms with Gasteiger partial charge in [-0.1, -0.05) is 5.16 Å². The van der Waals surface area contributed by atoms with Gasteiger partial charge in [-0.25, -0.2) is 4.98 Å². The SMILES string of the molecule is COc1ccc(-c2noc(CN3CCN(c4cc(C)nc5nc(C(F)(F)F)nn45)CC3)n2)cc1. The Kier molecular flexibility index (Phi) is 5.55. The Hall–Kier alpha value is -3.74. The van der Waals surface area contributed by atoms with Crippen molar-refractivity contribution in [3.8, 4) is 17.1 Å². The van der Waals surface area contributed by atoms with Crippen LogP contribution in [0.5, 0.6) is 5.75 Å². The number of methoxy groups -OCH3 is 1. The van der Waals surface area contributed by atoms with Crippen LogP contribution in [0.1, 0.15) is 17.4 Å². The van der Waals surface area contributed by atoms with Crippen molar-refractivity contribution in [2.45, 2.75) is 19.6 Å². The fraction of sp³-hybridized carbons (Fsp3) is 0.381. The van der Waals surface area contributed by atoms with Gasteiger partial charge in [0.05, 0.1) is 13.7 Å². The zero-order valence-corrected chi connectivity index (χ0v) is 18.5. The molecule has 0 amide bonds. The Labute approximate surface area is 192 Å². The Balaban J connectivity index is 1.26. The van der Waals surface area contributed by atoms with E-state index in [0.717, 1.165) is 15.8 Å². The van der Waals surface area contributed by atoms with Gasteiger partial charge in [0.25, 0.3) is 11.6 Å².